The lowest BCUT2D eigenvalue weighted by atomic mass is 10.1. The van der Waals surface area contributed by atoms with Crippen LogP contribution < -0.4 is 10.6 Å². The third-order valence-corrected chi connectivity index (χ3v) is 3.96. The van der Waals surface area contributed by atoms with E-state index in [-0.39, 0.29) is 5.60 Å². The van der Waals surface area contributed by atoms with Crippen molar-refractivity contribution in [2.24, 2.45) is 4.99 Å². The van der Waals surface area contributed by atoms with Gasteiger partial charge in [-0.05, 0) is 26.7 Å². The average Bonchev–Trinajstić information content (AvgIpc) is 2.91. The SMILES string of the molecule is CCNC(=NCc1nc(C(C)C)cs1)NCC(C)(C)OC. The minimum Gasteiger partial charge on any atom is -0.377 e. The number of aromatic nitrogens is 1. The summed E-state index contributed by atoms with van der Waals surface area (Å²) in [7, 11) is 1.72. The van der Waals surface area contributed by atoms with Gasteiger partial charge in [-0.1, -0.05) is 13.8 Å². The van der Waals surface area contributed by atoms with E-state index in [1.54, 1.807) is 18.4 Å². The zero-order chi connectivity index (χ0) is 15.9. The summed E-state index contributed by atoms with van der Waals surface area (Å²) in [4.78, 5) is 9.18. The largest absolute Gasteiger partial charge is 0.377 e. The molecule has 0 spiro atoms. The molecule has 0 amide bonds. The van der Waals surface area contributed by atoms with Crippen molar-refractivity contribution in [2.75, 3.05) is 20.2 Å². The highest BCUT2D eigenvalue weighted by atomic mass is 32.1. The number of hydrogen-bond donors (Lipinski definition) is 2. The molecule has 1 aromatic rings. The van der Waals surface area contributed by atoms with Gasteiger partial charge < -0.3 is 15.4 Å². The molecule has 1 rings (SSSR count). The van der Waals surface area contributed by atoms with Gasteiger partial charge in [-0.3, -0.25) is 0 Å². The molecule has 0 unspecified atom stereocenters. The molecule has 0 aliphatic carbocycles. The molecule has 21 heavy (non-hydrogen) atoms. The van der Waals surface area contributed by atoms with Crippen molar-refractivity contribution in [1.82, 2.24) is 15.6 Å². The summed E-state index contributed by atoms with van der Waals surface area (Å²) in [5.41, 5.74) is 0.922. The Kier molecular flexibility index (Phi) is 7.11. The minimum absolute atomic E-state index is 0.220. The number of methoxy groups -OCH3 is 1. The Labute approximate surface area is 132 Å². The first-order valence-corrected chi connectivity index (χ1v) is 8.27. The lowest BCUT2D eigenvalue weighted by molar-refractivity contribution is 0.0268. The molecular weight excluding hydrogens is 284 g/mol. The van der Waals surface area contributed by atoms with Crippen LogP contribution in [0.5, 0.6) is 0 Å². The lowest BCUT2D eigenvalue weighted by Crippen LogP contribution is -2.45. The first kappa shape index (κ1) is 17.9. The number of thiazole rings is 1. The highest BCUT2D eigenvalue weighted by Gasteiger charge is 2.16. The fourth-order valence-corrected chi connectivity index (χ4v) is 2.40. The maximum absolute atomic E-state index is 5.40. The third-order valence-electron chi connectivity index (χ3n) is 3.11. The number of nitrogens with one attached hydrogen (secondary N) is 2. The number of guanidine groups is 1. The van der Waals surface area contributed by atoms with Crippen LogP contribution in [0.2, 0.25) is 0 Å². The number of hydrogen-bond acceptors (Lipinski definition) is 4. The van der Waals surface area contributed by atoms with Crippen LogP contribution in [0.1, 0.15) is 51.2 Å². The first-order chi connectivity index (χ1) is 9.88. The molecule has 0 atom stereocenters. The van der Waals surface area contributed by atoms with Gasteiger partial charge in [0.15, 0.2) is 5.96 Å². The molecule has 120 valence electrons. The Bertz CT molecular complexity index is 454. The second kappa shape index (κ2) is 8.34. The van der Waals surface area contributed by atoms with E-state index >= 15 is 0 Å². The van der Waals surface area contributed by atoms with Gasteiger partial charge in [0.2, 0.25) is 0 Å². The molecule has 0 aromatic carbocycles. The van der Waals surface area contributed by atoms with Crippen LogP contribution in [0.4, 0.5) is 0 Å². The van der Waals surface area contributed by atoms with Crippen LogP contribution in [0.25, 0.3) is 0 Å². The number of nitrogens with zero attached hydrogens (tertiary/aromatic N) is 2. The predicted molar refractivity (Wildman–Crippen MR) is 90.1 cm³/mol. The summed E-state index contributed by atoms with van der Waals surface area (Å²) in [6.45, 7) is 12.6. The normalized spacial score (nSPS) is 12.8. The second-order valence-electron chi connectivity index (χ2n) is 5.83. The second-order valence-corrected chi connectivity index (χ2v) is 6.78. The van der Waals surface area contributed by atoms with Crippen LogP contribution in [0.15, 0.2) is 10.4 Å². The smallest absolute Gasteiger partial charge is 0.191 e. The van der Waals surface area contributed by atoms with Crippen molar-refractivity contribution < 1.29 is 4.74 Å². The van der Waals surface area contributed by atoms with Gasteiger partial charge in [0.05, 0.1) is 17.8 Å². The first-order valence-electron chi connectivity index (χ1n) is 7.39. The van der Waals surface area contributed by atoms with E-state index in [1.165, 1.54) is 0 Å². The van der Waals surface area contributed by atoms with Crippen molar-refractivity contribution >= 4 is 17.3 Å². The fourth-order valence-electron chi connectivity index (χ4n) is 1.52. The van der Waals surface area contributed by atoms with Gasteiger partial charge in [-0.15, -0.1) is 11.3 Å². The summed E-state index contributed by atoms with van der Waals surface area (Å²) in [6.07, 6.45) is 0. The van der Waals surface area contributed by atoms with Crippen LogP contribution in [0.3, 0.4) is 0 Å². The Morgan fingerprint density at radius 2 is 2.14 bits per heavy atom. The summed E-state index contributed by atoms with van der Waals surface area (Å²) in [6, 6.07) is 0. The molecule has 0 bridgehead atoms. The van der Waals surface area contributed by atoms with Crippen LogP contribution >= 0.6 is 11.3 Å². The summed E-state index contributed by atoms with van der Waals surface area (Å²) in [5, 5.41) is 9.70. The topological polar surface area (TPSA) is 58.5 Å². The third kappa shape index (κ3) is 6.44. The van der Waals surface area contributed by atoms with Crippen LogP contribution in [-0.2, 0) is 11.3 Å². The molecule has 0 saturated heterocycles. The van der Waals surface area contributed by atoms with Crippen molar-refractivity contribution in [2.45, 2.75) is 52.7 Å². The van der Waals surface area contributed by atoms with E-state index in [0.717, 1.165) is 23.2 Å². The van der Waals surface area contributed by atoms with E-state index in [4.69, 9.17) is 4.74 Å². The number of ether oxygens (including phenoxy) is 1. The molecule has 1 aromatic heterocycles. The minimum atomic E-state index is -0.220. The molecule has 5 nitrogen and oxygen atoms in total. The van der Waals surface area contributed by atoms with Gasteiger partial charge in [0.25, 0.3) is 0 Å². The van der Waals surface area contributed by atoms with Crippen LogP contribution in [0, 0.1) is 0 Å². The van der Waals surface area contributed by atoms with Gasteiger partial charge in [-0.2, -0.15) is 0 Å². The molecule has 0 saturated carbocycles. The van der Waals surface area contributed by atoms with Crippen molar-refractivity contribution in [3.63, 3.8) is 0 Å². The van der Waals surface area contributed by atoms with Crippen molar-refractivity contribution in [1.29, 1.82) is 0 Å². The zero-order valence-corrected chi connectivity index (χ0v) is 14.8. The maximum atomic E-state index is 5.40. The number of rotatable bonds is 7. The molecule has 0 aliphatic heterocycles. The van der Waals surface area contributed by atoms with E-state index in [1.807, 2.05) is 13.8 Å². The Morgan fingerprint density at radius 3 is 2.67 bits per heavy atom. The summed E-state index contributed by atoms with van der Waals surface area (Å²) < 4.78 is 5.40. The highest BCUT2D eigenvalue weighted by molar-refractivity contribution is 7.09. The van der Waals surface area contributed by atoms with E-state index in [2.05, 4.69) is 46.8 Å². The molecule has 0 radical (unpaired) electrons. The predicted octanol–water partition coefficient (Wildman–Crippen LogP) is 2.75. The molecule has 0 aliphatic rings. The summed E-state index contributed by atoms with van der Waals surface area (Å²) in [5.74, 6) is 1.26. The Hall–Kier alpha value is -1.14. The molecule has 1 heterocycles. The lowest BCUT2D eigenvalue weighted by Gasteiger charge is -2.24. The Morgan fingerprint density at radius 1 is 1.43 bits per heavy atom. The van der Waals surface area contributed by atoms with E-state index < -0.39 is 0 Å². The van der Waals surface area contributed by atoms with Crippen molar-refractivity contribution in [3.8, 4) is 0 Å². The van der Waals surface area contributed by atoms with Crippen molar-refractivity contribution in [3.05, 3.63) is 16.1 Å². The molecular formula is C15H28N4OS. The average molecular weight is 312 g/mol. The van der Waals surface area contributed by atoms with Gasteiger partial charge in [-0.25, -0.2) is 9.98 Å². The summed E-state index contributed by atoms with van der Waals surface area (Å²) >= 11 is 1.67. The van der Waals surface area contributed by atoms with Gasteiger partial charge >= 0.3 is 0 Å². The monoisotopic (exact) mass is 312 g/mol. The highest BCUT2D eigenvalue weighted by Crippen LogP contribution is 2.18. The van der Waals surface area contributed by atoms with Gasteiger partial charge in [0, 0.05) is 25.6 Å². The van der Waals surface area contributed by atoms with Crippen LogP contribution in [-0.4, -0.2) is 36.7 Å². The maximum Gasteiger partial charge on any atom is 0.191 e. The van der Waals surface area contributed by atoms with Gasteiger partial charge in [0.1, 0.15) is 5.01 Å². The van der Waals surface area contributed by atoms with E-state index in [9.17, 15) is 0 Å². The molecule has 2 N–H and O–H groups in total. The quantitative estimate of drug-likeness (QED) is 0.600. The standard InChI is InChI=1S/C15H28N4OS/c1-7-16-14(18-10-15(4,5)20-6)17-8-13-19-12(9-21-13)11(2)3/h9,11H,7-8,10H2,1-6H3,(H2,16,17,18). The molecule has 0 fully saturated rings. The molecule has 6 heteroatoms. The Balaban J connectivity index is 2.62. The number of aliphatic imine (C=N–C) groups is 1. The zero-order valence-electron chi connectivity index (χ0n) is 14.0. The van der Waals surface area contributed by atoms with E-state index in [0.29, 0.717) is 19.0 Å². The fraction of sp³-hybridized carbons (Fsp3) is 0.733.